The van der Waals surface area contributed by atoms with Gasteiger partial charge < -0.3 is 19.5 Å². The maximum Gasteiger partial charge on any atom is 0.261 e. The van der Waals surface area contributed by atoms with E-state index >= 15 is 0 Å². The van der Waals surface area contributed by atoms with Crippen molar-refractivity contribution in [3.8, 4) is 22.6 Å². The molecule has 1 saturated heterocycles. The van der Waals surface area contributed by atoms with E-state index in [0.717, 1.165) is 23.1 Å². The molecule has 3 aromatic rings. The van der Waals surface area contributed by atoms with Crippen molar-refractivity contribution in [3.05, 3.63) is 82.9 Å². The van der Waals surface area contributed by atoms with Gasteiger partial charge in [0.2, 0.25) is 0 Å². The quantitative estimate of drug-likeness (QED) is 0.517. The summed E-state index contributed by atoms with van der Waals surface area (Å²) in [5.41, 5.74) is 6.02. The highest BCUT2D eigenvalue weighted by atomic mass is 16.5. The van der Waals surface area contributed by atoms with E-state index in [-0.39, 0.29) is 11.3 Å². The molecule has 1 N–H and O–H groups in total. The number of methoxy groups -OCH3 is 2. The Bertz CT molecular complexity index is 1240. The van der Waals surface area contributed by atoms with Gasteiger partial charge in [0, 0.05) is 18.5 Å². The van der Waals surface area contributed by atoms with Gasteiger partial charge >= 0.3 is 0 Å². The van der Waals surface area contributed by atoms with Crippen molar-refractivity contribution in [1.29, 1.82) is 0 Å². The number of hydrogen-bond acceptors (Lipinski definition) is 4. The fourth-order valence-corrected chi connectivity index (χ4v) is 5.99. The fourth-order valence-electron chi connectivity index (χ4n) is 5.99. The van der Waals surface area contributed by atoms with Gasteiger partial charge in [-0.15, -0.1) is 0 Å². The van der Waals surface area contributed by atoms with Crippen LogP contribution >= 0.6 is 0 Å². The minimum Gasteiger partial charge on any atom is -0.496 e. The number of fused-ring (bicyclic) bond motifs is 2. The van der Waals surface area contributed by atoms with E-state index in [4.69, 9.17) is 9.47 Å². The number of nitrogens with zero attached hydrogens (tertiary/aromatic N) is 1. The molecule has 5 heteroatoms. The minimum absolute atomic E-state index is 0.0957. The zero-order chi connectivity index (χ0) is 24.7. The molecule has 1 spiro atoms. The summed E-state index contributed by atoms with van der Waals surface area (Å²) in [6.45, 7) is 5.61. The molecule has 5 rings (SSSR count). The number of carbonyl (C=O) groups excluding carboxylic acids is 1. The van der Waals surface area contributed by atoms with Crippen molar-refractivity contribution >= 4 is 5.91 Å². The summed E-state index contributed by atoms with van der Waals surface area (Å²) in [6.07, 6.45) is 0.916. The summed E-state index contributed by atoms with van der Waals surface area (Å²) in [6, 6.07) is 20.4. The van der Waals surface area contributed by atoms with Crippen molar-refractivity contribution in [1.82, 2.24) is 4.90 Å². The van der Waals surface area contributed by atoms with Gasteiger partial charge in [0.15, 0.2) is 0 Å². The van der Waals surface area contributed by atoms with E-state index in [9.17, 15) is 9.90 Å². The zero-order valence-corrected chi connectivity index (χ0v) is 20.9. The lowest BCUT2D eigenvalue weighted by molar-refractivity contribution is 0.0769. The zero-order valence-electron chi connectivity index (χ0n) is 20.9. The van der Waals surface area contributed by atoms with E-state index in [1.807, 2.05) is 11.0 Å². The first-order valence-electron chi connectivity index (χ1n) is 12.3. The van der Waals surface area contributed by atoms with Crippen molar-refractivity contribution in [2.24, 2.45) is 0 Å². The van der Waals surface area contributed by atoms with Crippen LogP contribution in [-0.2, 0) is 5.41 Å². The average Bonchev–Trinajstić information content (AvgIpc) is 3.43. The number of ether oxygens (including phenoxy) is 2. The molecular weight excluding hydrogens is 438 g/mol. The van der Waals surface area contributed by atoms with Gasteiger partial charge in [-0.3, -0.25) is 4.79 Å². The predicted octanol–water partition coefficient (Wildman–Crippen LogP) is 5.72. The Balaban J connectivity index is 1.47. The minimum atomic E-state index is -0.535. The van der Waals surface area contributed by atoms with Crippen molar-refractivity contribution in [2.45, 2.75) is 44.1 Å². The molecule has 0 saturated carbocycles. The maximum atomic E-state index is 13.6. The number of rotatable bonds is 5. The SMILES string of the molecule is COc1cccc(OC)c1C(=O)N1CCC2(CC(O)c3cc(-c4ccccc4C(C)C)ccc32)C1. The molecule has 1 fully saturated rings. The number of aliphatic hydroxyl groups excluding tert-OH is 1. The molecule has 2 unspecified atom stereocenters. The van der Waals surface area contributed by atoms with E-state index in [0.29, 0.717) is 42.5 Å². The van der Waals surface area contributed by atoms with Crippen LogP contribution in [0.2, 0.25) is 0 Å². The number of carbonyl (C=O) groups is 1. The van der Waals surface area contributed by atoms with E-state index < -0.39 is 6.10 Å². The number of aliphatic hydroxyl groups is 1. The summed E-state index contributed by atoms with van der Waals surface area (Å²) in [7, 11) is 3.13. The van der Waals surface area contributed by atoms with Crippen molar-refractivity contribution in [3.63, 3.8) is 0 Å². The Hall–Kier alpha value is -3.31. The molecule has 2 aliphatic rings. The molecular formula is C30H33NO4. The van der Waals surface area contributed by atoms with Gasteiger partial charge in [-0.1, -0.05) is 56.3 Å². The van der Waals surface area contributed by atoms with Crippen LogP contribution in [0.1, 0.15) is 65.8 Å². The number of hydrogen-bond donors (Lipinski definition) is 1. The van der Waals surface area contributed by atoms with E-state index in [1.54, 1.807) is 26.4 Å². The van der Waals surface area contributed by atoms with Crippen LogP contribution in [0.15, 0.2) is 60.7 Å². The Morgan fingerprint density at radius 2 is 1.74 bits per heavy atom. The molecule has 0 aromatic heterocycles. The molecule has 1 aliphatic heterocycles. The second-order valence-electron chi connectivity index (χ2n) is 10.1. The largest absolute Gasteiger partial charge is 0.496 e. The first kappa shape index (κ1) is 23.4. The summed E-state index contributed by atoms with van der Waals surface area (Å²) in [5.74, 6) is 1.34. The molecule has 3 aromatic carbocycles. The molecule has 0 bridgehead atoms. The van der Waals surface area contributed by atoms with Crippen LogP contribution in [0.3, 0.4) is 0 Å². The molecule has 0 radical (unpaired) electrons. The third-order valence-corrected chi connectivity index (χ3v) is 7.74. The number of benzene rings is 3. The lowest BCUT2D eigenvalue weighted by Crippen LogP contribution is -2.33. The Morgan fingerprint density at radius 1 is 1.03 bits per heavy atom. The van der Waals surface area contributed by atoms with Gasteiger partial charge in [-0.2, -0.15) is 0 Å². The predicted molar refractivity (Wildman–Crippen MR) is 137 cm³/mol. The van der Waals surface area contributed by atoms with Gasteiger partial charge in [0.25, 0.3) is 5.91 Å². The molecule has 5 nitrogen and oxygen atoms in total. The van der Waals surface area contributed by atoms with Gasteiger partial charge in [0.1, 0.15) is 17.1 Å². The maximum absolute atomic E-state index is 13.6. The standard InChI is InChI=1S/C30H33NO4/c1-19(2)21-8-5-6-9-22(21)20-12-13-24-23(16-20)25(32)17-30(24)14-15-31(18-30)29(33)28-26(34-3)10-7-11-27(28)35-4/h5-13,16,19,25,32H,14-15,17-18H2,1-4H3. The number of amides is 1. The summed E-state index contributed by atoms with van der Waals surface area (Å²) in [4.78, 5) is 15.5. The summed E-state index contributed by atoms with van der Waals surface area (Å²) >= 11 is 0. The Labute approximate surface area is 207 Å². The van der Waals surface area contributed by atoms with E-state index in [2.05, 4.69) is 56.3 Å². The highest BCUT2D eigenvalue weighted by Crippen LogP contribution is 2.51. The van der Waals surface area contributed by atoms with Crippen LogP contribution in [0.25, 0.3) is 11.1 Å². The fraction of sp³-hybridized carbons (Fsp3) is 0.367. The first-order chi connectivity index (χ1) is 16.9. The topological polar surface area (TPSA) is 59.0 Å². The second kappa shape index (κ2) is 9.04. The molecule has 1 aliphatic carbocycles. The Morgan fingerprint density at radius 3 is 2.43 bits per heavy atom. The van der Waals surface area contributed by atoms with Crippen LogP contribution in [0.5, 0.6) is 11.5 Å². The van der Waals surface area contributed by atoms with Gasteiger partial charge in [-0.05, 0) is 64.8 Å². The molecule has 182 valence electrons. The average molecular weight is 472 g/mol. The molecule has 2 atom stereocenters. The van der Waals surface area contributed by atoms with Crippen LogP contribution in [0, 0.1) is 0 Å². The summed E-state index contributed by atoms with van der Waals surface area (Å²) in [5, 5.41) is 11.1. The van der Waals surface area contributed by atoms with Crippen molar-refractivity contribution < 1.29 is 19.4 Å². The van der Waals surface area contributed by atoms with Gasteiger partial charge in [-0.25, -0.2) is 0 Å². The van der Waals surface area contributed by atoms with Crippen LogP contribution in [-0.4, -0.2) is 43.2 Å². The smallest absolute Gasteiger partial charge is 0.261 e. The lowest BCUT2D eigenvalue weighted by atomic mass is 9.80. The van der Waals surface area contributed by atoms with Crippen LogP contribution < -0.4 is 9.47 Å². The summed E-state index contributed by atoms with van der Waals surface area (Å²) < 4.78 is 10.9. The number of likely N-dealkylation sites (tertiary alicyclic amines) is 1. The first-order valence-corrected chi connectivity index (χ1v) is 12.3. The highest BCUT2D eigenvalue weighted by molar-refractivity contribution is 6.00. The second-order valence-corrected chi connectivity index (χ2v) is 10.1. The van der Waals surface area contributed by atoms with Gasteiger partial charge in [0.05, 0.1) is 20.3 Å². The molecule has 1 amide bonds. The molecule has 1 heterocycles. The highest BCUT2D eigenvalue weighted by Gasteiger charge is 2.49. The van der Waals surface area contributed by atoms with Crippen LogP contribution in [0.4, 0.5) is 0 Å². The third kappa shape index (κ3) is 3.88. The Kier molecular flexibility index (Phi) is 6.06. The van der Waals surface area contributed by atoms with Crippen molar-refractivity contribution in [2.75, 3.05) is 27.3 Å². The third-order valence-electron chi connectivity index (χ3n) is 7.74. The molecule has 35 heavy (non-hydrogen) atoms. The van der Waals surface area contributed by atoms with E-state index in [1.165, 1.54) is 11.1 Å². The normalized spacial score (nSPS) is 21.0. The monoisotopic (exact) mass is 471 g/mol. The lowest BCUT2D eigenvalue weighted by Gasteiger charge is -2.26.